The van der Waals surface area contributed by atoms with Crippen LogP contribution < -0.4 is 0 Å². The summed E-state index contributed by atoms with van der Waals surface area (Å²) >= 11 is 0. The van der Waals surface area contributed by atoms with E-state index in [1.54, 1.807) is 0 Å². The van der Waals surface area contributed by atoms with E-state index in [1.807, 2.05) is 6.92 Å². The van der Waals surface area contributed by atoms with Gasteiger partial charge in [-0.2, -0.15) is 10.2 Å². The van der Waals surface area contributed by atoms with Gasteiger partial charge in [-0.1, -0.05) is 6.92 Å². The van der Waals surface area contributed by atoms with Gasteiger partial charge in [0.1, 0.15) is 0 Å². The van der Waals surface area contributed by atoms with Crippen molar-refractivity contribution >= 4 is 0 Å². The van der Waals surface area contributed by atoms with Gasteiger partial charge in [0.25, 0.3) is 0 Å². The highest BCUT2D eigenvalue weighted by atomic mass is 16.5. The molecule has 1 atom stereocenters. The molecule has 3 nitrogen and oxygen atoms in total. The first-order valence-corrected chi connectivity index (χ1v) is 2.41. The Morgan fingerprint density at radius 3 is 3.00 bits per heavy atom. The molecule has 0 aromatic heterocycles. The maximum atomic E-state index is 4.97. The molecule has 0 aliphatic carbocycles. The zero-order chi connectivity index (χ0) is 5.11. The summed E-state index contributed by atoms with van der Waals surface area (Å²) in [5.41, 5.74) is 0. The Morgan fingerprint density at radius 2 is 2.71 bits per heavy atom. The molecule has 1 rings (SSSR count). The van der Waals surface area contributed by atoms with Crippen LogP contribution in [-0.2, 0) is 4.74 Å². The summed E-state index contributed by atoms with van der Waals surface area (Å²) < 4.78 is 4.97. The van der Waals surface area contributed by atoms with E-state index in [0.29, 0.717) is 6.73 Å². The van der Waals surface area contributed by atoms with Gasteiger partial charge < -0.3 is 4.74 Å². The Labute approximate surface area is 42.4 Å². The van der Waals surface area contributed by atoms with Gasteiger partial charge in [-0.15, -0.1) is 0 Å². The van der Waals surface area contributed by atoms with Crippen molar-refractivity contribution in [2.24, 2.45) is 10.2 Å². The van der Waals surface area contributed by atoms with E-state index in [1.165, 1.54) is 0 Å². The molecule has 40 valence electrons. The van der Waals surface area contributed by atoms with Crippen molar-refractivity contribution < 1.29 is 4.74 Å². The standard InChI is InChI=1S/C4H8N2O/c1-2-4-6-5-3-7-4/h4H,2-3H2,1H3. The van der Waals surface area contributed by atoms with Crippen LogP contribution in [0.15, 0.2) is 10.2 Å². The fraction of sp³-hybridized carbons (Fsp3) is 1.00. The van der Waals surface area contributed by atoms with Gasteiger partial charge in [0.05, 0.1) is 0 Å². The predicted octanol–water partition coefficient (Wildman–Crippen LogP) is 1.16. The summed E-state index contributed by atoms with van der Waals surface area (Å²) in [7, 11) is 0. The third kappa shape index (κ3) is 0.962. The number of ether oxygens (including phenoxy) is 1. The highest BCUT2D eigenvalue weighted by Gasteiger charge is 2.06. The molecule has 0 radical (unpaired) electrons. The first-order valence-electron chi connectivity index (χ1n) is 2.41. The molecule has 7 heavy (non-hydrogen) atoms. The van der Waals surface area contributed by atoms with Gasteiger partial charge in [-0.3, -0.25) is 0 Å². The van der Waals surface area contributed by atoms with E-state index in [-0.39, 0.29) is 6.23 Å². The second-order valence-electron chi connectivity index (χ2n) is 1.42. The van der Waals surface area contributed by atoms with Crippen molar-refractivity contribution in [1.82, 2.24) is 0 Å². The SMILES string of the molecule is CCC1N=NCO1. The third-order valence-electron chi connectivity index (χ3n) is 0.884. The molecule has 0 spiro atoms. The molecule has 1 unspecified atom stereocenters. The molecule has 1 aliphatic heterocycles. The lowest BCUT2D eigenvalue weighted by Crippen LogP contribution is -2.00. The second kappa shape index (κ2) is 2.02. The van der Waals surface area contributed by atoms with Crippen LogP contribution in [0.3, 0.4) is 0 Å². The van der Waals surface area contributed by atoms with Crippen molar-refractivity contribution in [3.8, 4) is 0 Å². The summed E-state index contributed by atoms with van der Waals surface area (Å²) in [6.45, 7) is 2.48. The van der Waals surface area contributed by atoms with Crippen molar-refractivity contribution in [2.75, 3.05) is 6.73 Å². The fourth-order valence-corrected chi connectivity index (χ4v) is 0.477. The molecule has 0 bridgehead atoms. The van der Waals surface area contributed by atoms with Gasteiger partial charge in [-0.05, 0) is 6.42 Å². The number of hydrogen-bond acceptors (Lipinski definition) is 3. The van der Waals surface area contributed by atoms with Crippen LogP contribution in [0.4, 0.5) is 0 Å². The Hall–Kier alpha value is -0.440. The zero-order valence-corrected chi connectivity index (χ0v) is 4.29. The van der Waals surface area contributed by atoms with Gasteiger partial charge in [-0.25, -0.2) is 0 Å². The number of nitrogens with zero attached hydrogens (tertiary/aromatic N) is 2. The molecule has 3 heteroatoms. The number of hydrogen-bond donors (Lipinski definition) is 0. The van der Waals surface area contributed by atoms with Crippen molar-refractivity contribution in [2.45, 2.75) is 19.6 Å². The molecule has 1 aliphatic rings. The minimum atomic E-state index is 0.0556. The van der Waals surface area contributed by atoms with Crippen molar-refractivity contribution in [3.05, 3.63) is 0 Å². The summed E-state index contributed by atoms with van der Waals surface area (Å²) in [5, 5.41) is 7.40. The Morgan fingerprint density at radius 1 is 1.86 bits per heavy atom. The minimum absolute atomic E-state index is 0.0556. The molecule has 0 N–H and O–H groups in total. The average Bonchev–Trinajstić information content (AvgIpc) is 2.14. The first kappa shape index (κ1) is 4.71. The third-order valence-corrected chi connectivity index (χ3v) is 0.884. The van der Waals surface area contributed by atoms with Crippen LogP contribution >= 0.6 is 0 Å². The predicted molar refractivity (Wildman–Crippen MR) is 24.9 cm³/mol. The van der Waals surface area contributed by atoms with Crippen LogP contribution in [0.1, 0.15) is 13.3 Å². The molecule has 0 saturated carbocycles. The van der Waals surface area contributed by atoms with E-state index in [9.17, 15) is 0 Å². The summed E-state index contributed by atoms with van der Waals surface area (Å²) in [6.07, 6.45) is 0.990. The highest BCUT2D eigenvalue weighted by Crippen LogP contribution is 2.05. The van der Waals surface area contributed by atoms with Crippen LogP contribution in [-0.4, -0.2) is 13.0 Å². The van der Waals surface area contributed by atoms with E-state index >= 15 is 0 Å². The average molecular weight is 100 g/mol. The van der Waals surface area contributed by atoms with Gasteiger partial charge >= 0.3 is 0 Å². The Balaban J connectivity index is 2.28. The largest absolute Gasteiger partial charge is 0.331 e. The maximum absolute atomic E-state index is 4.97. The highest BCUT2D eigenvalue weighted by molar-refractivity contribution is 4.50. The smallest absolute Gasteiger partial charge is 0.170 e. The summed E-state index contributed by atoms with van der Waals surface area (Å²) in [4.78, 5) is 0. The lowest BCUT2D eigenvalue weighted by atomic mass is 10.4. The summed E-state index contributed by atoms with van der Waals surface area (Å²) in [5.74, 6) is 0. The van der Waals surface area contributed by atoms with Gasteiger partial charge in [0.15, 0.2) is 13.0 Å². The lowest BCUT2D eigenvalue weighted by Gasteiger charge is -1.96. The molecule has 0 aromatic rings. The molecule has 0 amide bonds. The van der Waals surface area contributed by atoms with E-state index < -0.39 is 0 Å². The molecule has 0 saturated heterocycles. The Bertz CT molecular complexity index is 81.8. The van der Waals surface area contributed by atoms with Crippen LogP contribution in [0.25, 0.3) is 0 Å². The fourth-order valence-electron chi connectivity index (χ4n) is 0.477. The first-order chi connectivity index (χ1) is 3.43. The molecule has 1 heterocycles. The topological polar surface area (TPSA) is 34.0 Å². The van der Waals surface area contributed by atoms with E-state index in [2.05, 4.69) is 10.2 Å². The maximum Gasteiger partial charge on any atom is 0.170 e. The van der Waals surface area contributed by atoms with Gasteiger partial charge in [0.2, 0.25) is 0 Å². The molecule has 0 aromatic carbocycles. The second-order valence-corrected chi connectivity index (χ2v) is 1.42. The molecular weight excluding hydrogens is 92.1 g/mol. The molecule has 0 fully saturated rings. The molecular formula is C4H8N2O. The summed E-state index contributed by atoms with van der Waals surface area (Å²) in [6, 6.07) is 0. The quantitative estimate of drug-likeness (QED) is 0.486. The minimum Gasteiger partial charge on any atom is -0.331 e. The number of azo groups is 1. The van der Waals surface area contributed by atoms with Crippen LogP contribution in [0, 0.1) is 0 Å². The van der Waals surface area contributed by atoms with E-state index in [4.69, 9.17) is 4.74 Å². The van der Waals surface area contributed by atoms with Crippen molar-refractivity contribution in [3.63, 3.8) is 0 Å². The lowest BCUT2D eigenvalue weighted by molar-refractivity contribution is 0.0983. The van der Waals surface area contributed by atoms with E-state index in [0.717, 1.165) is 6.42 Å². The normalized spacial score (nSPS) is 29.0. The number of rotatable bonds is 1. The Kier molecular flexibility index (Phi) is 1.36. The van der Waals surface area contributed by atoms with Crippen molar-refractivity contribution in [1.29, 1.82) is 0 Å². The monoisotopic (exact) mass is 100 g/mol. The van der Waals surface area contributed by atoms with Gasteiger partial charge in [0, 0.05) is 0 Å². The van der Waals surface area contributed by atoms with Crippen LogP contribution in [0.2, 0.25) is 0 Å². The van der Waals surface area contributed by atoms with Crippen LogP contribution in [0.5, 0.6) is 0 Å². The zero-order valence-electron chi connectivity index (χ0n) is 4.29.